The minimum atomic E-state index is -0.507. The number of Topliss-reactive ketones (excluding diaryl/α,β-unsaturated/α-hetero) is 1. The van der Waals surface area contributed by atoms with Crippen molar-refractivity contribution < 1.29 is 19.1 Å². The van der Waals surface area contributed by atoms with Gasteiger partial charge >= 0.3 is 5.97 Å². The summed E-state index contributed by atoms with van der Waals surface area (Å²) in [4.78, 5) is 24.7. The van der Waals surface area contributed by atoms with E-state index in [0.717, 1.165) is 17.1 Å². The molecule has 1 aromatic heterocycles. The molecule has 0 aliphatic rings. The number of hydrogen-bond acceptors (Lipinski definition) is 4. The lowest BCUT2D eigenvalue weighted by Gasteiger charge is -2.09. The van der Waals surface area contributed by atoms with Crippen molar-refractivity contribution in [2.24, 2.45) is 0 Å². The second-order valence-corrected chi connectivity index (χ2v) is 6.18. The molecule has 0 aliphatic heterocycles. The van der Waals surface area contributed by atoms with E-state index in [1.807, 2.05) is 48.7 Å². The number of hydrogen-bond donors (Lipinski definition) is 0. The molecule has 0 saturated carbocycles. The summed E-state index contributed by atoms with van der Waals surface area (Å²) >= 11 is 0. The monoisotopic (exact) mass is 363 g/mol. The normalized spacial score (nSPS) is 10.5. The summed E-state index contributed by atoms with van der Waals surface area (Å²) in [6.45, 7) is 3.49. The summed E-state index contributed by atoms with van der Waals surface area (Å²) in [6, 6.07) is 18.3. The lowest BCUT2D eigenvalue weighted by molar-refractivity contribution is 0.0474. The number of carbonyl (C=O) groups is 2. The molecule has 1 heterocycles. The fourth-order valence-corrected chi connectivity index (χ4v) is 3.01. The highest BCUT2D eigenvalue weighted by Crippen LogP contribution is 2.21. The van der Waals surface area contributed by atoms with Crippen molar-refractivity contribution in [2.45, 2.75) is 13.8 Å². The van der Waals surface area contributed by atoms with Gasteiger partial charge in [0.15, 0.2) is 12.4 Å². The second-order valence-electron chi connectivity index (χ2n) is 6.18. The van der Waals surface area contributed by atoms with Crippen LogP contribution in [0.2, 0.25) is 0 Å². The molecule has 0 radical (unpaired) electrons. The van der Waals surface area contributed by atoms with Crippen LogP contribution in [0.25, 0.3) is 5.69 Å². The van der Waals surface area contributed by atoms with Crippen molar-refractivity contribution in [1.29, 1.82) is 0 Å². The number of methoxy groups -OCH3 is 1. The number of nitrogens with zero attached hydrogens (tertiary/aromatic N) is 1. The van der Waals surface area contributed by atoms with Gasteiger partial charge in [-0.25, -0.2) is 4.79 Å². The molecule has 5 nitrogen and oxygen atoms in total. The molecular formula is C22H21NO4. The minimum absolute atomic E-state index is 0.261. The van der Waals surface area contributed by atoms with Crippen LogP contribution in [0.3, 0.4) is 0 Å². The highest BCUT2D eigenvalue weighted by molar-refractivity contribution is 5.99. The Morgan fingerprint density at radius 2 is 1.63 bits per heavy atom. The summed E-state index contributed by atoms with van der Waals surface area (Å²) in [5.41, 5.74) is 3.60. The molecule has 0 spiro atoms. The number of aryl methyl sites for hydroxylation is 1. The van der Waals surface area contributed by atoms with Gasteiger partial charge in [0.2, 0.25) is 0 Å². The first-order chi connectivity index (χ1) is 13.0. The summed E-state index contributed by atoms with van der Waals surface area (Å²) in [5, 5.41) is 0. The third-order valence-electron chi connectivity index (χ3n) is 4.41. The number of carbonyl (C=O) groups excluding carboxylic acids is 2. The Labute approximate surface area is 158 Å². The van der Waals surface area contributed by atoms with E-state index >= 15 is 0 Å². The molecule has 0 atom stereocenters. The van der Waals surface area contributed by atoms with Gasteiger partial charge in [-0.05, 0) is 56.3 Å². The predicted molar refractivity (Wildman–Crippen MR) is 103 cm³/mol. The highest BCUT2D eigenvalue weighted by Gasteiger charge is 2.19. The molecule has 0 N–H and O–H groups in total. The van der Waals surface area contributed by atoms with E-state index in [0.29, 0.717) is 16.9 Å². The average Bonchev–Trinajstić information content (AvgIpc) is 3.00. The number of ketones is 1. The molecular weight excluding hydrogens is 342 g/mol. The quantitative estimate of drug-likeness (QED) is 0.488. The third kappa shape index (κ3) is 3.92. The standard InChI is InChI=1S/C22H21NO4/c1-15-13-20(16(2)23(15)18-7-5-4-6-8-18)22(25)27-14-21(24)17-9-11-19(26-3)12-10-17/h4-13H,14H2,1-3H3. The molecule has 3 rings (SSSR count). The smallest absolute Gasteiger partial charge is 0.340 e. The van der Waals surface area contributed by atoms with Crippen LogP contribution in [0.15, 0.2) is 60.7 Å². The molecule has 3 aromatic rings. The molecule has 0 amide bonds. The van der Waals surface area contributed by atoms with Gasteiger partial charge in [0.05, 0.1) is 12.7 Å². The number of para-hydroxylation sites is 1. The van der Waals surface area contributed by atoms with Crippen LogP contribution in [0.1, 0.15) is 32.1 Å². The molecule has 0 unspecified atom stereocenters. The zero-order valence-electron chi connectivity index (χ0n) is 15.6. The van der Waals surface area contributed by atoms with E-state index in [9.17, 15) is 9.59 Å². The minimum Gasteiger partial charge on any atom is -0.497 e. The van der Waals surface area contributed by atoms with E-state index in [4.69, 9.17) is 9.47 Å². The van der Waals surface area contributed by atoms with E-state index in [1.165, 1.54) is 0 Å². The Hall–Kier alpha value is -3.34. The van der Waals surface area contributed by atoms with Gasteiger partial charge in [-0.3, -0.25) is 4.79 Å². The van der Waals surface area contributed by atoms with Gasteiger partial charge in [0, 0.05) is 22.6 Å². The number of aromatic nitrogens is 1. The molecule has 0 bridgehead atoms. The Morgan fingerprint density at radius 1 is 0.963 bits per heavy atom. The zero-order valence-corrected chi connectivity index (χ0v) is 15.6. The van der Waals surface area contributed by atoms with Crippen molar-refractivity contribution >= 4 is 11.8 Å². The van der Waals surface area contributed by atoms with E-state index in [1.54, 1.807) is 37.4 Å². The van der Waals surface area contributed by atoms with Crippen molar-refractivity contribution in [1.82, 2.24) is 4.57 Å². The van der Waals surface area contributed by atoms with Crippen molar-refractivity contribution in [3.8, 4) is 11.4 Å². The topological polar surface area (TPSA) is 57.5 Å². The molecule has 27 heavy (non-hydrogen) atoms. The maximum absolute atomic E-state index is 12.5. The van der Waals surface area contributed by atoms with Crippen LogP contribution in [0.5, 0.6) is 5.75 Å². The summed E-state index contributed by atoms with van der Waals surface area (Å²) < 4.78 is 12.3. The number of rotatable bonds is 6. The Kier molecular flexibility index (Phi) is 5.41. The molecule has 0 fully saturated rings. The van der Waals surface area contributed by atoms with Crippen LogP contribution in [-0.4, -0.2) is 30.0 Å². The van der Waals surface area contributed by atoms with Crippen LogP contribution < -0.4 is 4.74 Å². The number of benzene rings is 2. The highest BCUT2D eigenvalue weighted by atomic mass is 16.5. The van der Waals surface area contributed by atoms with Gasteiger partial charge in [-0.15, -0.1) is 0 Å². The molecule has 5 heteroatoms. The largest absolute Gasteiger partial charge is 0.497 e. The fourth-order valence-electron chi connectivity index (χ4n) is 3.01. The number of esters is 1. The van der Waals surface area contributed by atoms with Gasteiger partial charge in [-0.2, -0.15) is 0 Å². The van der Waals surface area contributed by atoms with Gasteiger partial charge in [0.1, 0.15) is 5.75 Å². The van der Waals surface area contributed by atoms with E-state index in [2.05, 4.69) is 0 Å². The summed E-state index contributed by atoms with van der Waals surface area (Å²) in [6.07, 6.45) is 0. The first-order valence-electron chi connectivity index (χ1n) is 8.60. The first kappa shape index (κ1) is 18.5. The first-order valence-corrected chi connectivity index (χ1v) is 8.60. The maximum Gasteiger partial charge on any atom is 0.340 e. The third-order valence-corrected chi connectivity index (χ3v) is 4.41. The van der Waals surface area contributed by atoms with Crippen molar-refractivity contribution in [3.05, 3.63) is 83.2 Å². The van der Waals surface area contributed by atoms with E-state index < -0.39 is 5.97 Å². The zero-order chi connectivity index (χ0) is 19.4. The number of ether oxygens (including phenoxy) is 2. The molecule has 138 valence electrons. The van der Waals surface area contributed by atoms with E-state index in [-0.39, 0.29) is 12.4 Å². The Bertz CT molecular complexity index is 956. The molecule has 0 aliphatic carbocycles. The molecule has 0 saturated heterocycles. The van der Waals surface area contributed by atoms with Crippen LogP contribution >= 0.6 is 0 Å². The average molecular weight is 363 g/mol. The van der Waals surface area contributed by atoms with Gasteiger partial charge in [0.25, 0.3) is 0 Å². The summed E-state index contributed by atoms with van der Waals surface area (Å²) in [7, 11) is 1.56. The van der Waals surface area contributed by atoms with Crippen LogP contribution in [0, 0.1) is 13.8 Å². The van der Waals surface area contributed by atoms with Crippen molar-refractivity contribution in [3.63, 3.8) is 0 Å². The fraction of sp³-hybridized carbons (Fsp3) is 0.182. The second kappa shape index (κ2) is 7.91. The van der Waals surface area contributed by atoms with Crippen molar-refractivity contribution in [2.75, 3.05) is 13.7 Å². The van der Waals surface area contributed by atoms with Crippen LogP contribution in [0.4, 0.5) is 0 Å². The Morgan fingerprint density at radius 3 is 2.26 bits per heavy atom. The SMILES string of the molecule is COc1ccc(C(=O)COC(=O)c2cc(C)n(-c3ccccc3)c2C)cc1. The lowest BCUT2D eigenvalue weighted by Crippen LogP contribution is -2.15. The summed E-state index contributed by atoms with van der Waals surface area (Å²) in [5.74, 6) is -0.105. The van der Waals surface area contributed by atoms with Gasteiger partial charge < -0.3 is 14.0 Å². The molecule has 2 aromatic carbocycles. The predicted octanol–water partition coefficient (Wildman–Crippen LogP) is 4.14. The Balaban J connectivity index is 1.72. The maximum atomic E-state index is 12.5. The van der Waals surface area contributed by atoms with Gasteiger partial charge in [-0.1, -0.05) is 18.2 Å². The lowest BCUT2D eigenvalue weighted by atomic mass is 10.1. The van der Waals surface area contributed by atoms with Crippen LogP contribution in [-0.2, 0) is 4.74 Å².